The number of carbonyl (C=O) groups is 2. The molecule has 194 valence electrons. The van der Waals surface area contributed by atoms with E-state index >= 15 is 0 Å². The van der Waals surface area contributed by atoms with E-state index in [1.54, 1.807) is 32.9 Å². The van der Waals surface area contributed by atoms with Crippen LogP contribution in [-0.2, 0) is 27.3 Å². The molecule has 1 heterocycles. The Balaban J connectivity index is 0.00000456. The average molecular weight is 518 g/mol. The first-order chi connectivity index (χ1) is 16.6. The van der Waals surface area contributed by atoms with Gasteiger partial charge < -0.3 is 15.2 Å². The number of carbonyl (C=O) groups excluding carboxylic acids is 1. The maximum absolute atomic E-state index is 13.0. The van der Waals surface area contributed by atoms with Crippen molar-refractivity contribution in [2.45, 2.75) is 39.4 Å². The van der Waals surface area contributed by atoms with Crippen LogP contribution >= 0.6 is 12.4 Å². The van der Waals surface area contributed by atoms with Crippen molar-refractivity contribution in [1.29, 1.82) is 0 Å². The van der Waals surface area contributed by atoms with Crippen molar-refractivity contribution in [2.24, 2.45) is 11.8 Å². The number of nitro benzene ring substituents is 1. The summed E-state index contributed by atoms with van der Waals surface area (Å²) in [5.74, 6) is -3.51. The zero-order valence-corrected chi connectivity index (χ0v) is 21.6. The third-order valence-electron chi connectivity index (χ3n) is 6.62. The van der Waals surface area contributed by atoms with E-state index in [9.17, 15) is 24.8 Å². The smallest absolute Gasteiger partial charge is 0.336 e. The lowest BCUT2D eigenvalue weighted by atomic mass is 9.71. The van der Waals surface area contributed by atoms with Gasteiger partial charge in [0, 0.05) is 30.3 Å². The van der Waals surface area contributed by atoms with Crippen LogP contribution in [0, 0.1) is 22.0 Å². The molecule has 36 heavy (non-hydrogen) atoms. The van der Waals surface area contributed by atoms with Gasteiger partial charge in [0.25, 0.3) is 5.69 Å². The molecule has 3 atom stereocenters. The van der Waals surface area contributed by atoms with Crippen LogP contribution in [0.1, 0.15) is 31.9 Å². The van der Waals surface area contributed by atoms with E-state index in [4.69, 9.17) is 4.74 Å². The molecule has 3 rings (SSSR count). The number of esters is 1. The van der Waals surface area contributed by atoms with Gasteiger partial charge in [0.2, 0.25) is 0 Å². The fourth-order valence-electron chi connectivity index (χ4n) is 4.91. The quantitative estimate of drug-likeness (QED) is 0.289. The molecular formula is C26H32ClN3O6. The van der Waals surface area contributed by atoms with Crippen LogP contribution in [0.5, 0.6) is 0 Å². The maximum Gasteiger partial charge on any atom is 0.336 e. The van der Waals surface area contributed by atoms with Crippen molar-refractivity contribution >= 4 is 30.0 Å². The number of hydrogen-bond acceptors (Lipinski definition) is 7. The third-order valence-corrected chi connectivity index (χ3v) is 6.62. The predicted molar refractivity (Wildman–Crippen MR) is 137 cm³/mol. The Kier molecular flexibility index (Phi) is 9.61. The highest BCUT2D eigenvalue weighted by Gasteiger charge is 2.53. The molecular weight excluding hydrogens is 486 g/mol. The molecule has 0 radical (unpaired) electrons. The number of nitro groups is 1. The van der Waals surface area contributed by atoms with Gasteiger partial charge in [-0.15, -0.1) is 12.4 Å². The number of allylic oxidation sites excluding steroid dienone is 1. The topological polar surface area (TPSA) is 122 Å². The SMILES string of the molecule is CCOC(=O)C1=C(C)NC(C)(N(C)Cc2ccccc2)C(C(=O)O)C1Cc1cccc([N+](=O)[O-])c1.Cl. The molecule has 0 bridgehead atoms. The highest BCUT2D eigenvalue weighted by Crippen LogP contribution is 2.41. The summed E-state index contributed by atoms with van der Waals surface area (Å²) in [4.78, 5) is 38.5. The summed E-state index contributed by atoms with van der Waals surface area (Å²) >= 11 is 0. The Bertz CT molecular complexity index is 1140. The van der Waals surface area contributed by atoms with Crippen LogP contribution in [0.2, 0.25) is 0 Å². The molecule has 2 N–H and O–H groups in total. The molecule has 0 saturated heterocycles. The molecule has 0 saturated carbocycles. The zero-order chi connectivity index (χ0) is 25.8. The first-order valence-corrected chi connectivity index (χ1v) is 11.5. The lowest BCUT2D eigenvalue weighted by molar-refractivity contribution is -0.384. The van der Waals surface area contributed by atoms with E-state index in [1.807, 2.05) is 42.3 Å². The molecule has 1 aliphatic heterocycles. The fourth-order valence-corrected chi connectivity index (χ4v) is 4.91. The predicted octanol–water partition coefficient (Wildman–Crippen LogP) is 4.16. The van der Waals surface area contributed by atoms with Crippen molar-refractivity contribution in [2.75, 3.05) is 13.7 Å². The van der Waals surface area contributed by atoms with Crippen molar-refractivity contribution in [3.8, 4) is 0 Å². The van der Waals surface area contributed by atoms with Crippen LogP contribution in [0.25, 0.3) is 0 Å². The van der Waals surface area contributed by atoms with Gasteiger partial charge in [0.1, 0.15) is 11.6 Å². The molecule has 2 aromatic carbocycles. The Hall–Kier alpha value is -3.43. The van der Waals surface area contributed by atoms with Crippen molar-refractivity contribution in [3.63, 3.8) is 0 Å². The molecule has 1 aliphatic rings. The maximum atomic E-state index is 13.0. The summed E-state index contributed by atoms with van der Waals surface area (Å²) in [6.45, 7) is 5.84. The number of carboxylic acids is 1. The van der Waals surface area contributed by atoms with Gasteiger partial charge in [-0.1, -0.05) is 42.5 Å². The highest BCUT2D eigenvalue weighted by molar-refractivity contribution is 5.92. The van der Waals surface area contributed by atoms with Gasteiger partial charge >= 0.3 is 11.9 Å². The number of ether oxygens (including phenoxy) is 1. The summed E-state index contributed by atoms with van der Waals surface area (Å²) in [7, 11) is 1.84. The molecule has 10 heteroatoms. The summed E-state index contributed by atoms with van der Waals surface area (Å²) < 4.78 is 5.28. The lowest BCUT2D eigenvalue weighted by Gasteiger charge is -2.50. The Morgan fingerprint density at radius 2 is 1.81 bits per heavy atom. The first kappa shape index (κ1) is 28.8. The molecule has 0 fully saturated rings. The number of carboxylic acid groups (broad SMARTS) is 1. The van der Waals surface area contributed by atoms with Gasteiger partial charge in [0.05, 0.1) is 17.1 Å². The van der Waals surface area contributed by atoms with Crippen LogP contribution in [0.15, 0.2) is 65.9 Å². The number of halogens is 1. The molecule has 9 nitrogen and oxygen atoms in total. The summed E-state index contributed by atoms with van der Waals surface area (Å²) in [5, 5.41) is 25.0. The van der Waals surface area contributed by atoms with Gasteiger partial charge in [-0.05, 0) is 45.4 Å². The largest absolute Gasteiger partial charge is 0.481 e. The molecule has 0 spiro atoms. The summed E-state index contributed by atoms with van der Waals surface area (Å²) in [6.07, 6.45) is 0.126. The molecule has 0 aromatic heterocycles. The summed E-state index contributed by atoms with van der Waals surface area (Å²) in [6, 6.07) is 15.8. The van der Waals surface area contributed by atoms with Gasteiger partial charge in [-0.2, -0.15) is 0 Å². The van der Waals surface area contributed by atoms with Crippen molar-refractivity contribution in [3.05, 3.63) is 87.1 Å². The fraction of sp³-hybridized carbons (Fsp3) is 0.385. The number of benzene rings is 2. The Labute approximate surface area is 216 Å². The molecule has 0 aliphatic carbocycles. The van der Waals surface area contributed by atoms with Gasteiger partial charge in [-0.3, -0.25) is 19.8 Å². The van der Waals surface area contributed by atoms with E-state index in [2.05, 4.69) is 5.32 Å². The van der Waals surface area contributed by atoms with Crippen molar-refractivity contribution < 1.29 is 24.4 Å². The number of nitrogens with one attached hydrogen (secondary N) is 1. The molecule has 0 amide bonds. The summed E-state index contributed by atoms with van der Waals surface area (Å²) in [5.41, 5.74) is 1.20. The van der Waals surface area contributed by atoms with E-state index in [1.165, 1.54) is 12.1 Å². The Morgan fingerprint density at radius 1 is 1.17 bits per heavy atom. The van der Waals surface area contributed by atoms with Crippen LogP contribution in [0.4, 0.5) is 5.69 Å². The lowest BCUT2D eigenvalue weighted by Crippen LogP contribution is -2.66. The number of rotatable bonds is 9. The minimum atomic E-state index is -1.08. The second kappa shape index (κ2) is 12.0. The van der Waals surface area contributed by atoms with E-state index in [0.29, 0.717) is 17.8 Å². The second-order valence-electron chi connectivity index (χ2n) is 8.93. The highest BCUT2D eigenvalue weighted by atomic mass is 35.5. The number of aliphatic carboxylic acids is 1. The van der Waals surface area contributed by atoms with E-state index in [-0.39, 0.29) is 36.7 Å². The van der Waals surface area contributed by atoms with E-state index in [0.717, 1.165) is 5.56 Å². The van der Waals surface area contributed by atoms with Crippen LogP contribution < -0.4 is 5.32 Å². The normalized spacial score (nSPS) is 21.4. The average Bonchev–Trinajstić information content (AvgIpc) is 2.79. The third kappa shape index (κ3) is 6.03. The van der Waals surface area contributed by atoms with E-state index < -0.39 is 34.4 Å². The van der Waals surface area contributed by atoms with Crippen LogP contribution in [0.3, 0.4) is 0 Å². The Morgan fingerprint density at radius 3 is 2.39 bits per heavy atom. The number of non-ortho nitro benzene ring substituents is 1. The molecule has 2 aromatic rings. The monoisotopic (exact) mass is 517 g/mol. The van der Waals surface area contributed by atoms with Gasteiger partial charge in [-0.25, -0.2) is 4.79 Å². The minimum absolute atomic E-state index is 0. The first-order valence-electron chi connectivity index (χ1n) is 11.5. The second-order valence-corrected chi connectivity index (χ2v) is 8.93. The standard InChI is InChI=1S/C26H31N3O6.ClH/c1-5-35-25(32)22-17(2)27-26(3,28(4)16-18-10-7-6-8-11-18)23(24(30)31)21(22)15-19-12-9-13-20(14-19)29(33)34;/h6-14,21,23,27H,5,15-16H2,1-4H3,(H,30,31);1H. The van der Waals surface area contributed by atoms with Crippen molar-refractivity contribution in [1.82, 2.24) is 10.2 Å². The van der Waals surface area contributed by atoms with Gasteiger partial charge in [0.15, 0.2) is 0 Å². The molecule has 3 unspecified atom stereocenters. The van der Waals surface area contributed by atoms with Crippen LogP contribution in [-0.4, -0.2) is 46.2 Å². The zero-order valence-electron chi connectivity index (χ0n) is 20.8. The number of nitrogens with zero attached hydrogens (tertiary/aromatic N) is 2. The number of hydrogen-bond donors (Lipinski definition) is 2. The minimum Gasteiger partial charge on any atom is -0.481 e.